The Morgan fingerprint density at radius 2 is 1.72 bits per heavy atom. The molecule has 2 heterocycles. The Balaban J connectivity index is 1.88. The Morgan fingerprint density at radius 3 is 2.56 bits per heavy atom. The number of pyridine rings is 1. The molecule has 5 rings (SSSR count). The van der Waals surface area contributed by atoms with Gasteiger partial charge in [-0.05, 0) is 24.6 Å². The number of anilines is 1. The molecular weight excluding hydrogens is 312 g/mol. The molecule has 0 fully saturated rings. The number of rotatable bonds is 1. The number of carbonyl (C=O) groups is 2. The van der Waals surface area contributed by atoms with Crippen LogP contribution in [0.3, 0.4) is 0 Å². The lowest BCUT2D eigenvalue weighted by Crippen LogP contribution is -2.24. The maximum Gasteiger partial charge on any atom is 0.264 e. The van der Waals surface area contributed by atoms with Gasteiger partial charge in [0.05, 0.1) is 22.5 Å². The van der Waals surface area contributed by atoms with Gasteiger partial charge in [0.1, 0.15) is 5.69 Å². The summed E-state index contributed by atoms with van der Waals surface area (Å²) >= 11 is 0. The first kappa shape index (κ1) is 14.1. The zero-order valence-corrected chi connectivity index (χ0v) is 13.6. The van der Waals surface area contributed by atoms with Gasteiger partial charge in [0.25, 0.3) is 5.91 Å². The number of benzene rings is 2. The summed E-state index contributed by atoms with van der Waals surface area (Å²) in [4.78, 5) is 32.1. The number of para-hydroxylation sites is 2. The van der Waals surface area contributed by atoms with Gasteiger partial charge >= 0.3 is 0 Å². The maximum absolute atomic E-state index is 13.4. The van der Waals surface area contributed by atoms with E-state index in [4.69, 9.17) is 0 Å². The number of allylic oxidation sites excluding steroid dienone is 1. The Hall–Kier alpha value is -3.27. The fourth-order valence-corrected chi connectivity index (χ4v) is 3.75. The van der Waals surface area contributed by atoms with Crippen LogP contribution >= 0.6 is 0 Å². The molecule has 3 aromatic rings. The molecule has 2 aliphatic rings. The number of carbonyl (C=O) groups excluding carboxylic acids is 2. The molecule has 0 radical (unpaired) electrons. The fourth-order valence-electron chi connectivity index (χ4n) is 3.75. The first-order valence-electron chi connectivity index (χ1n) is 8.23. The second kappa shape index (κ2) is 4.86. The van der Waals surface area contributed by atoms with E-state index in [0.29, 0.717) is 22.3 Å². The van der Waals surface area contributed by atoms with Gasteiger partial charge in [0.2, 0.25) is 0 Å². The van der Waals surface area contributed by atoms with Crippen molar-refractivity contribution in [3.63, 3.8) is 0 Å². The highest BCUT2D eigenvalue weighted by molar-refractivity contribution is 6.30. The van der Waals surface area contributed by atoms with Crippen LogP contribution < -0.4 is 4.90 Å². The molecule has 0 spiro atoms. The average molecular weight is 326 g/mol. The van der Waals surface area contributed by atoms with Crippen LogP contribution in [0.1, 0.15) is 38.4 Å². The number of aryl methyl sites for hydroxylation is 1. The van der Waals surface area contributed by atoms with Crippen molar-refractivity contribution < 1.29 is 9.59 Å². The number of Topliss-reactive ketones (excluding diaryl/α,β-unsaturated/α-hetero) is 1. The third-order valence-electron chi connectivity index (χ3n) is 4.91. The van der Waals surface area contributed by atoms with Crippen LogP contribution in [0.5, 0.6) is 0 Å². The van der Waals surface area contributed by atoms with Crippen molar-refractivity contribution in [2.24, 2.45) is 0 Å². The minimum atomic E-state index is -0.0925. The predicted molar refractivity (Wildman–Crippen MR) is 96.7 cm³/mol. The Morgan fingerprint density at radius 1 is 0.960 bits per heavy atom. The van der Waals surface area contributed by atoms with Crippen molar-refractivity contribution >= 4 is 34.0 Å². The molecular formula is C21H14N2O2. The quantitative estimate of drug-likeness (QED) is 0.675. The molecule has 120 valence electrons. The number of aromatic nitrogens is 1. The number of ketones is 1. The van der Waals surface area contributed by atoms with Crippen molar-refractivity contribution in [1.82, 2.24) is 4.98 Å². The highest BCUT2D eigenvalue weighted by atomic mass is 16.2. The van der Waals surface area contributed by atoms with Crippen LogP contribution in [0.2, 0.25) is 0 Å². The van der Waals surface area contributed by atoms with Crippen LogP contribution in [0, 0.1) is 6.92 Å². The van der Waals surface area contributed by atoms with Crippen LogP contribution in [-0.4, -0.2) is 16.7 Å². The van der Waals surface area contributed by atoms with E-state index in [2.05, 4.69) is 4.98 Å². The summed E-state index contributed by atoms with van der Waals surface area (Å²) < 4.78 is 0. The number of fused-ring (bicyclic) bond motifs is 2. The third kappa shape index (κ3) is 1.79. The topological polar surface area (TPSA) is 50.3 Å². The number of amides is 1. The first-order valence-corrected chi connectivity index (χ1v) is 8.23. The summed E-state index contributed by atoms with van der Waals surface area (Å²) in [5, 5.41) is 0.794. The Labute approximate surface area is 144 Å². The van der Waals surface area contributed by atoms with Gasteiger partial charge in [-0.25, -0.2) is 4.98 Å². The van der Waals surface area contributed by atoms with Crippen LogP contribution in [0.15, 0.2) is 54.6 Å². The second-order valence-corrected chi connectivity index (χ2v) is 6.37. The van der Waals surface area contributed by atoms with E-state index < -0.39 is 0 Å². The van der Waals surface area contributed by atoms with Gasteiger partial charge in [-0.3, -0.25) is 14.5 Å². The summed E-state index contributed by atoms with van der Waals surface area (Å²) in [6.07, 6.45) is 2.12. The minimum absolute atomic E-state index is 0.0369. The molecule has 2 aromatic carbocycles. The largest absolute Gasteiger partial charge is 0.292 e. The summed E-state index contributed by atoms with van der Waals surface area (Å²) in [6, 6.07) is 15.3. The van der Waals surface area contributed by atoms with Gasteiger partial charge < -0.3 is 0 Å². The maximum atomic E-state index is 13.4. The molecule has 4 nitrogen and oxygen atoms in total. The molecule has 0 atom stereocenters. The van der Waals surface area contributed by atoms with Crippen LogP contribution in [0.4, 0.5) is 5.69 Å². The van der Waals surface area contributed by atoms with Gasteiger partial charge in [-0.15, -0.1) is 0 Å². The third-order valence-corrected chi connectivity index (χ3v) is 4.91. The van der Waals surface area contributed by atoms with Crippen LogP contribution in [0.25, 0.3) is 16.6 Å². The number of nitrogens with zero attached hydrogens (tertiary/aromatic N) is 2. The van der Waals surface area contributed by atoms with Gasteiger partial charge in [-0.1, -0.05) is 42.5 Å². The van der Waals surface area contributed by atoms with Gasteiger partial charge in [0.15, 0.2) is 5.78 Å². The lowest BCUT2D eigenvalue weighted by Gasteiger charge is -2.22. The predicted octanol–water partition coefficient (Wildman–Crippen LogP) is 4.13. The monoisotopic (exact) mass is 326 g/mol. The molecule has 25 heavy (non-hydrogen) atoms. The molecule has 1 aromatic heterocycles. The van der Waals surface area contributed by atoms with E-state index in [-0.39, 0.29) is 18.1 Å². The molecule has 1 aliphatic carbocycles. The molecule has 0 saturated heterocycles. The summed E-state index contributed by atoms with van der Waals surface area (Å²) in [6.45, 7) is 1.98. The van der Waals surface area contributed by atoms with Gasteiger partial charge in [0, 0.05) is 17.4 Å². The summed E-state index contributed by atoms with van der Waals surface area (Å²) in [7, 11) is 0. The van der Waals surface area contributed by atoms with E-state index >= 15 is 0 Å². The van der Waals surface area contributed by atoms with Gasteiger partial charge in [-0.2, -0.15) is 0 Å². The van der Waals surface area contributed by atoms with E-state index in [1.165, 1.54) is 0 Å². The van der Waals surface area contributed by atoms with Crippen molar-refractivity contribution in [3.8, 4) is 0 Å². The molecule has 0 bridgehead atoms. The van der Waals surface area contributed by atoms with Crippen LogP contribution in [-0.2, 0) is 0 Å². The fraction of sp³-hybridized carbons (Fsp3) is 0.0952. The Bertz CT molecular complexity index is 1130. The van der Waals surface area contributed by atoms with Crippen molar-refractivity contribution in [2.75, 3.05) is 4.90 Å². The van der Waals surface area contributed by atoms with E-state index in [0.717, 1.165) is 22.3 Å². The minimum Gasteiger partial charge on any atom is -0.292 e. The number of hydrogen-bond acceptors (Lipinski definition) is 3. The van der Waals surface area contributed by atoms with Crippen molar-refractivity contribution in [2.45, 2.75) is 13.3 Å². The second-order valence-electron chi connectivity index (χ2n) is 6.37. The smallest absolute Gasteiger partial charge is 0.264 e. The highest BCUT2D eigenvalue weighted by Gasteiger charge is 2.41. The zero-order valence-electron chi connectivity index (χ0n) is 13.6. The number of hydrogen-bond donors (Lipinski definition) is 0. The molecule has 1 amide bonds. The molecule has 1 aliphatic heterocycles. The Kier molecular flexibility index (Phi) is 2.74. The highest BCUT2D eigenvalue weighted by Crippen LogP contribution is 2.44. The molecule has 0 unspecified atom stereocenters. The van der Waals surface area contributed by atoms with Crippen molar-refractivity contribution in [1.29, 1.82) is 0 Å². The molecule has 0 N–H and O–H groups in total. The average Bonchev–Trinajstić information content (AvgIpc) is 2.92. The first-order chi connectivity index (χ1) is 12.2. The summed E-state index contributed by atoms with van der Waals surface area (Å²) in [5.41, 5.74) is 5.01. The SMILES string of the molecule is Cc1ccccc1N1C(=O)c2c3c(nc4ccccc24)C(=O)CC=C31. The van der Waals surface area contributed by atoms with E-state index in [1.54, 1.807) is 4.90 Å². The van der Waals surface area contributed by atoms with E-state index in [1.807, 2.05) is 61.5 Å². The zero-order chi connectivity index (χ0) is 17.1. The lowest BCUT2D eigenvalue weighted by molar-refractivity contribution is 0.0987. The summed E-state index contributed by atoms with van der Waals surface area (Å²) in [5.74, 6) is -0.129. The molecule has 4 heteroatoms. The standard InChI is InChI=1S/C21H14N2O2/c1-12-6-2-5-9-15(12)23-16-10-11-17(24)20-19(16)18(21(23)25)13-7-3-4-8-14(13)22-20/h2-10H,11H2,1H3. The van der Waals surface area contributed by atoms with E-state index in [9.17, 15) is 9.59 Å². The molecule has 0 saturated carbocycles. The normalized spacial score (nSPS) is 15.6. The lowest BCUT2D eigenvalue weighted by atomic mass is 9.94. The van der Waals surface area contributed by atoms with Crippen molar-refractivity contribution in [3.05, 3.63) is 77.0 Å².